The molecular formula is C12H23O2PS2. The Morgan fingerprint density at radius 3 is 1.94 bits per heavy atom. The zero-order valence-electron chi connectivity index (χ0n) is 11.4. The van der Waals surface area contributed by atoms with Crippen LogP contribution in [-0.2, 0) is 20.9 Å². The van der Waals surface area contributed by atoms with E-state index < -0.39 is 5.69 Å². The molecule has 0 unspecified atom stereocenters. The van der Waals surface area contributed by atoms with Crippen molar-refractivity contribution in [2.75, 3.05) is 13.2 Å². The molecule has 0 N–H and O–H groups in total. The van der Waals surface area contributed by atoms with Crippen LogP contribution < -0.4 is 0 Å². The summed E-state index contributed by atoms with van der Waals surface area (Å²) >= 11 is 6.80. The molecule has 0 radical (unpaired) electrons. The Bertz CT molecular complexity index is 301. The zero-order valence-corrected chi connectivity index (χ0v) is 13.9. The van der Waals surface area contributed by atoms with Crippen LogP contribution in [-0.4, -0.2) is 13.2 Å². The van der Waals surface area contributed by atoms with Crippen LogP contribution in [0.25, 0.3) is 0 Å². The second-order valence-corrected chi connectivity index (χ2v) is 10.6. The Morgan fingerprint density at radius 2 is 1.59 bits per heavy atom. The molecule has 0 saturated carbocycles. The molecule has 0 aromatic rings. The van der Waals surface area contributed by atoms with E-state index >= 15 is 0 Å². The highest BCUT2D eigenvalue weighted by Gasteiger charge is 2.19. The first-order chi connectivity index (χ1) is 7.83. The van der Waals surface area contributed by atoms with Gasteiger partial charge in [0, 0.05) is 16.8 Å². The van der Waals surface area contributed by atoms with Crippen molar-refractivity contribution in [2.24, 2.45) is 5.41 Å². The van der Waals surface area contributed by atoms with E-state index in [1.165, 1.54) is 11.4 Å². The second kappa shape index (κ2) is 8.56. The first kappa shape index (κ1) is 17.5. The van der Waals surface area contributed by atoms with Crippen LogP contribution in [0, 0.1) is 16.6 Å². The van der Waals surface area contributed by atoms with Crippen LogP contribution in [0.5, 0.6) is 0 Å². The summed E-state index contributed by atoms with van der Waals surface area (Å²) in [6.07, 6.45) is 1.89. The van der Waals surface area contributed by atoms with Gasteiger partial charge in [0.15, 0.2) is 0 Å². The molecule has 100 valence electrons. The van der Waals surface area contributed by atoms with Gasteiger partial charge in [-0.1, -0.05) is 19.8 Å². The Labute approximate surface area is 115 Å². The summed E-state index contributed by atoms with van der Waals surface area (Å²) in [5, 5.41) is 3.05. The van der Waals surface area contributed by atoms with Gasteiger partial charge in [0.1, 0.15) is 0 Å². The fraction of sp³-hybridized carbons (Fsp3) is 0.833. The summed E-state index contributed by atoms with van der Waals surface area (Å²) in [7, 11) is 0. The van der Waals surface area contributed by atoms with Gasteiger partial charge in [-0.05, 0) is 50.7 Å². The molecule has 2 nitrogen and oxygen atoms in total. The van der Waals surface area contributed by atoms with Gasteiger partial charge >= 0.3 is 0 Å². The maximum atomic E-state index is 5.66. The average Bonchev–Trinajstić information content (AvgIpc) is 2.22. The summed E-state index contributed by atoms with van der Waals surface area (Å²) < 4.78 is 11.3. The lowest BCUT2D eigenvalue weighted by atomic mass is 9.99. The average molecular weight is 294 g/mol. The molecule has 0 heterocycles. The zero-order chi connectivity index (χ0) is 13.4. The second-order valence-electron chi connectivity index (χ2n) is 4.68. The van der Waals surface area contributed by atoms with Crippen molar-refractivity contribution < 1.29 is 9.05 Å². The van der Waals surface area contributed by atoms with Gasteiger partial charge in [0.05, 0.1) is 13.2 Å². The van der Waals surface area contributed by atoms with E-state index in [1.54, 1.807) is 0 Å². The van der Waals surface area contributed by atoms with Crippen LogP contribution in [0.3, 0.4) is 0 Å². The quantitative estimate of drug-likeness (QED) is 0.495. The topological polar surface area (TPSA) is 18.5 Å². The van der Waals surface area contributed by atoms with Crippen molar-refractivity contribution in [3.63, 3.8) is 0 Å². The van der Waals surface area contributed by atoms with E-state index in [9.17, 15) is 0 Å². The normalized spacial score (nSPS) is 12.1. The van der Waals surface area contributed by atoms with Crippen molar-refractivity contribution in [3.05, 3.63) is 0 Å². The molecule has 0 atom stereocenters. The van der Waals surface area contributed by atoms with E-state index in [4.69, 9.17) is 20.9 Å². The van der Waals surface area contributed by atoms with Crippen LogP contribution in [0.2, 0.25) is 0 Å². The predicted molar refractivity (Wildman–Crippen MR) is 81.6 cm³/mol. The number of hydrogen-bond acceptors (Lipinski definition) is 4. The third-order valence-corrected chi connectivity index (χ3v) is 5.79. The first-order valence-corrected chi connectivity index (χ1v) is 9.99. The van der Waals surface area contributed by atoms with Crippen molar-refractivity contribution >= 4 is 28.9 Å². The van der Waals surface area contributed by atoms with Gasteiger partial charge in [-0.2, -0.15) is 0 Å². The Balaban J connectivity index is 4.46. The highest BCUT2D eigenvalue weighted by Crippen LogP contribution is 2.60. The molecule has 0 spiro atoms. The van der Waals surface area contributed by atoms with Gasteiger partial charge in [0.25, 0.3) is 5.69 Å². The van der Waals surface area contributed by atoms with Gasteiger partial charge in [-0.15, -0.1) is 0 Å². The number of rotatable bonds is 7. The highest BCUT2D eigenvalue weighted by molar-refractivity contribution is 8.69. The molecule has 0 rings (SSSR count). The molecule has 0 amide bonds. The molecule has 5 heteroatoms. The minimum absolute atomic E-state index is 0.0112. The molecule has 0 aromatic carbocycles. The number of hydrogen-bond donors (Lipinski definition) is 0. The molecule has 0 aliphatic rings. The van der Waals surface area contributed by atoms with E-state index in [0.717, 1.165) is 12.8 Å². The van der Waals surface area contributed by atoms with Crippen LogP contribution in [0.1, 0.15) is 47.5 Å². The Kier molecular flexibility index (Phi) is 8.80. The molecular weight excluding hydrogens is 271 g/mol. The molecule has 0 aliphatic carbocycles. The fourth-order valence-electron chi connectivity index (χ4n) is 0.728. The van der Waals surface area contributed by atoms with Crippen molar-refractivity contribution in [2.45, 2.75) is 47.5 Å². The monoisotopic (exact) mass is 294 g/mol. The molecule has 0 aromatic heterocycles. The maximum Gasteiger partial charge on any atom is 0.259 e. The Morgan fingerprint density at radius 1 is 1.12 bits per heavy atom. The van der Waals surface area contributed by atoms with Gasteiger partial charge in [0.2, 0.25) is 0 Å². The van der Waals surface area contributed by atoms with Crippen LogP contribution in [0.15, 0.2) is 0 Å². The molecule has 0 fully saturated rings. The van der Waals surface area contributed by atoms with Gasteiger partial charge < -0.3 is 9.05 Å². The molecule has 0 saturated heterocycles. The lowest BCUT2D eigenvalue weighted by molar-refractivity contribution is 0.260. The standard InChI is InChI=1S/C12H23O2PS2/c1-6-9-13-15(16,14-10-7-2)17-11-8-12(3,4)5/h6-7,9-10H2,1-5H3. The Hall–Kier alpha value is 0.480. The van der Waals surface area contributed by atoms with E-state index in [-0.39, 0.29) is 5.41 Å². The van der Waals surface area contributed by atoms with E-state index in [0.29, 0.717) is 13.2 Å². The van der Waals surface area contributed by atoms with Gasteiger partial charge in [-0.25, -0.2) is 0 Å². The predicted octanol–water partition coefficient (Wildman–Crippen LogP) is 4.80. The molecule has 0 aliphatic heterocycles. The smallest absolute Gasteiger partial charge is 0.259 e. The third kappa shape index (κ3) is 10.1. The van der Waals surface area contributed by atoms with Crippen LogP contribution in [0.4, 0.5) is 0 Å². The summed E-state index contributed by atoms with van der Waals surface area (Å²) in [5.74, 6) is 3.14. The minimum Gasteiger partial charge on any atom is -0.321 e. The summed E-state index contributed by atoms with van der Waals surface area (Å²) in [5.41, 5.74) is -2.27. The maximum absolute atomic E-state index is 5.66. The summed E-state index contributed by atoms with van der Waals surface area (Å²) in [6.45, 7) is 11.6. The van der Waals surface area contributed by atoms with Gasteiger partial charge in [-0.3, -0.25) is 0 Å². The summed E-state index contributed by atoms with van der Waals surface area (Å²) in [6, 6.07) is 0. The lowest BCUT2D eigenvalue weighted by Gasteiger charge is -2.18. The van der Waals surface area contributed by atoms with Crippen LogP contribution >= 0.6 is 17.1 Å². The fourth-order valence-corrected chi connectivity index (χ4v) is 4.20. The first-order valence-electron chi connectivity index (χ1n) is 5.93. The van der Waals surface area contributed by atoms with E-state index in [1.807, 2.05) is 0 Å². The molecule has 0 bridgehead atoms. The SMILES string of the molecule is CCCOP(=S)(OCCC)SC#CC(C)(C)C. The van der Waals surface area contributed by atoms with Crippen molar-refractivity contribution in [1.82, 2.24) is 0 Å². The highest BCUT2D eigenvalue weighted by atomic mass is 32.9. The minimum atomic E-state index is -2.26. The van der Waals surface area contributed by atoms with Crippen molar-refractivity contribution in [3.8, 4) is 11.2 Å². The lowest BCUT2D eigenvalue weighted by Crippen LogP contribution is -1.99. The largest absolute Gasteiger partial charge is 0.321 e. The van der Waals surface area contributed by atoms with E-state index in [2.05, 4.69) is 45.8 Å². The summed E-state index contributed by atoms with van der Waals surface area (Å²) in [4.78, 5) is 0. The molecule has 17 heavy (non-hydrogen) atoms. The third-order valence-electron chi connectivity index (χ3n) is 1.49. The van der Waals surface area contributed by atoms with Crippen molar-refractivity contribution in [1.29, 1.82) is 0 Å².